The molecule has 3 aromatic rings. The van der Waals surface area contributed by atoms with Crippen LogP contribution in [0.3, 0.4) is 0 Å². The van der Waals surface area contributed by atoms with Crippen molar-refractivity contribution in [3.05, 3.63) is 89.6 Å². The highest BCUT2D eigenvalue weighted by molar-refractivity contribution is 5.32. The fraction of sp³-hybridized carbons (Fsp3) is 0.448. The number of oxazole rings is 1. The number of aryl methyl sites for hydroxylation is 1. The van der Waals surface area contributed by atoms with Crippen molar-refractivity contribution in [1.29, 1.82) is 0 Å². The van der Waals surface area contributed by atoms with Gasteiger partial charge in [-0.3, -0.25) is 4.79 Å². The van der Waals surface area contributed by atoms with Crippen LogP contribution in [0.5, 0.6) is 0 Å². The first-order chi connectivity index (χ1) is 16.9. The predicted octanol–water partition coefficient (Wildman–Crippen LogP) is 5.40. The number of quaternary nitrogens is 1. The summed E-state index contributed by atoms with van der Waals surface area (Å²) in [5.74, 6) is 1.43. The lowest BCUT2D eigenvalue weighted by molar-refractivity contribution is -0.904. The van der Waals surface area contributed by atoms with Gasteiger partial charge >= 0.3 is 0 Å². The number of hydrogen-bond donors (Lipinski definition) is 2. The molecule has 0 saturated heterocycles. The Hall–Kier alpha value is -2.96. The van der Waals surface area contributed by atoms with Gasteiger partial charge in [0.2, 0.25) is 5.89 Å². The van der Waals surface area contributed by atoms with Gasteiger partial charge < -0.3 is 19.1 Å². The number of aromatic nitrogens is 1. The molecule has 6 heteroatoms. The number of carbonyl (C=O) groups is 1. The Morgan fingerprint density at radius 2 is 1.63 bits per heavy atom. The largest absolute Gasteiger partial charge is 0.483 e. The molecule has 1 aromatic heterocycles. The van der Waals surface area contributed by atoms with E-state index in [-0.39, 0.29) is 12.4 Å². The number of aliphatic hydroxyl groups is 1. The van der Waals surface area contributed by atoms with E-state index in [9.17, 15) is 5.11 Å². The molecule has 2 N–H and O–H groups in total. The first kappa shape index (κ1) is 26.6. The van der Waals surface area contributed by atoms with E-state index in [1.54, 1.807) is 0 Å². The second-order valence-electron chi connectivity index (χ2n) is 10.1. The summed E-state index contributed by atoms with van der Waals surface area (Å²) in [7, 11) is 4.47. The Bertz CT molecular complexity index is 1010. The van der Waals surface area contributed by atoms with Crippen LogP contribution in [0.4, 0.5) is 0 Å². The van der Waals surface area contributed by atoms with E-state index >= 15 is 0 Å². The normalized spacial score (nSPS) is 16.1. The molecule has 0 spiro atoms. The molecule has 1 aliphatic rings. The van der Waals surface area contributed by atoms with Crippen molar-refractivity contribution in [3.8, 4) is 0 Å². The Kier molecular flexibility index (Phi) is 9.64. The van der Waals surface area contributed by atoms with Crippen LogP contribution in [-0.4, -0.2) is 46.8 Å². The summed E-state index contributed by atoms with van der Waals surface area (Å²) >= 11 is 0. The number of hydrogen-bond acceptors (Lipinski definition) is 4. The monoisotopic (exact) mass is 479 g/mol. The van der Waals surface area contributed by atoms with E-state index in [2.05, 4.69) is 49.4 Å². The second kappa shape index (κ2) is 12.7. The van der Waals surface area contributed by atoms with Crippen molar-refractivity contribution in [1.82, 2.24) is 4.98 Å². The summed E-state index contributed by atoms with van der Waals surface area (Å²) in [6, 6.07) is 20.6. The highest BCUT2D eigenvalue weighted by atomic mass is 16.4. The minimum atomic E-state index is -1.16. The maximum absolute atomic E-state index is 12.0. The lowest BCUT2D eigenvalue weighted by Gasteiger charge is -2.36. The van der Waals surface area contributed by atoms with Gasteiger partial charge in [-0.1, -0.05) is 79.9 Å². The molecule has 0 amide bonds. The molecule has 1 atom stereocenters. The SMILES string of the molecule is C[N+](C)(CCCc1ccccc1)Cc1cnc(C(O)(c2ccccc2)C2CCCCC2)o1.O=CO. The molecule has 0 bridgehead atoms. The molecule has 1 saturated carbocycles. The summed E-state index contributed by atoms with van der Waals surface area (Å²) in [5.41, 5.74) is 1.11. The quantitative estimate of drug-likeness (QED) is 0.317. The van der Waals surface area contributed by atoms with E-state index in [0.717, 1.165) is 67.4 Å². The summed E-state index contributed by atoms with van der Waals surface area (Å²) in [4.78, 5) is 13.0. The van der Waals surface area contributed by atoms with Crippen LogP contribution in [0, 0.1) is 5.92 Å². The maximum atomic E-state index is 12.0. The molecule has 1 unspecified atom stereocenters. The van der Waals surface area contributed by atoms with Crippen molar-refractivity contribution in [2.24, 2.45) is 5.92 Å². The predicted molar refractivity (Wildman–Crippen MR) is 137 cm³/mol. The molecule has 1 heterocycles. The number of benzene rings is 2. The Morgan fingerprint density at radius 3 is 2.26 bits per heavy atom. The molecule has 188 valence electrons. The molecule has 1 fully saturated rings. The number of carboxylic acid groups (broad SMARTS) is 1. The van der Waals surface area contributed by atoms with Crippen LogP contribution in [0.1, 0.15) is 61.3 Å². The minimum Gasteiger partial charge on any atom is -0.483 e. The molecule has 0 aliphatic heterocycles. The zero-order valence-corrected chi connectivity index (χ0v) is 21.0. The van der Waals surface area contributed by atoms with Gasteiger partial charge in [0.15, 0.2) is 11.4 Å². The minimum absolute atomic E-state index is 0.138. The molecular weight excluding hydrogens is 440 g/mol. The second-order valence-corrected chi connectivity index (χ2v) is 10.1. The third-order valence-corrected chi connectivity index (χ3v) is 6.95. The van der Waals surface area contributed by atoms with Gasteiger partial charge in [-0.15, -0.1) is 0 Å². The zero-order valence-electron chi connectivity index (χ0n) is 21.0. The van der Waals surface area contributed by atoms with Crippen molar-refractivity contribution < 1.29 is 23.9 Å². The summed E-state index contributed by atoms with van der Waals surface area (Å²) in [6.45, 7) is 1.56. The molecule has 0 radical (unpaired) electrons. The average Bonchev–Trinajstić information content (AvgIpc) is 3.34. The van der Waals surface area contributed by atoms with Crippen molar-refractivity contribution in [2.75, 3.05) is 20.6 Å². The number of nitrogens with zero attached hydrogens (tertiary/aromatic N) is 2. The van der Waals surface area contributed by atoms with Crippen LogP contribution in [0.15, 0.2) is 71.3 Å². The maximum Gasteiger partial charge on any atom is 0.290 e. The molecular formula is C29H39N2O4+. The third kappa shape index (κ3) is 7.26. The van der Waals surface area contributed by atoms with Crippen LogP contribution < -0.4 is 0 Å². The van der Waals surface area contributed by atoms with Gasteiger partial charge in [-0.05, 0) is 30.4 Å². The average molecular weight is 480 g/mol. The van der Waals surface area contributed by atoms with E-state index in [1.165, 1.54) is 12.0 Å². The fourth-order valence-electron chi connectivity index (χ4n) is 5.16. The van der Waals surface area contributed by atoms with E-state index in [1.807, 2.05) is 36.5 Å². The zero-order chi connectivity index (χ0) is 25.2. The topological polar surface area (TPSA) is 83.6 Å². The van der Waals surface area contributed by atoms with Crippen molar-refractivity contribution in [3.63, 3.8) is 0 Å². The molecule has 2 aromatic carbocycles. The van der Waals surface area contributed by atoms with Gasteiger partial charge in [0.1, 0.15) is 6.54 Å². The van der Waals surface area contributed by atoms with Crippen molar-refractivity contribution >= 4 is 6.47 Å². The van der Waals surface area contributed by atoms with Gasteiger partial charge in [-0.25, -0.2) is 4.98 Å². The van der Waals surface area contributed by atoms with E-state index < -0.39 is 5.60 Å². The Morgan fingerprint density at radius 1 is 1.03 bits per heavy atom. The van der Waals surface area contributed by atoms with Crippen LogP contribution >= 0.6 is 0 Å². The first-order valence-electron chi connectivity index (χ1n) is 12.6. The van der Waals surface area contributed by atoms with Crippen LogP contribution in [0.25, 0.3) is 0 Å². The van der Waals surface area contributed by atoms with Crippen LogP contribution in [-0.2, 0) is 23.4 Å². The number of rotatable bonds is 9. The highest BCUT2D eigenvalue weighted by Gasteiger charge is 2.44. The summed E-state index contributed by atoms with van der Waals surface area (Å²) in [6.07, 6.45) is 9.58. The third-order valence-electron chi connectivity index (χ3n) is 6.95. The molecule has 1 aliphatic carbocycles. The summed E-state index contributed by atoms with van der Waals surface area (Å²) < 4.78 is 7.11. The lowest BCUT2D eigenvalue weighted by atomic mass is 9.73. The van der Waals surface area contributed by atoms with E-state index in [0.29, 0.717) is 5.89 Å². The molecule has 35 heavy (non-hydrogen) atoms. The molecule has 4 rings (SSSR count). The van der Waals surface area contributed by atoms with Gasteiger partial charge in [-0.2, -0.15) is 0 Å². The van der Waals surface area contributed by atoms with Crippen molar-refractivity contribution in [2.45, 2.75) is 57.1 Å². The van der Waals surface area contributed by atoms with Gasteiger partial charge in [0.25, 0.3) is 6.47 Å². The first-order valence-corrected chi connectivity index (χ1v) is 12.6. The fourth-order valence-corrected chi connectivity index (χ4v) is 5.16. The van der Waals surface area contributed by atoms with Crippen LogP contribution in [0.2, 0.25) is 0 Å². The highest BCUT2D eigenvalue weighted by Crippen LogP contribution is 2.43. The lowest BCUT2D eigenvalue weighted by Crippen LogP contribution is -2.39. The summed E-state index contributed by atoms with van der Waals surface area (Å²) in [5, 5.41) is 18.9. The molecule has 6 nitrogen and oxygen atoms in total. The van der Waals surface area contributed by atoms with Gasteiger partial charge in [0, 0.05) is 12.3 Å². The standard InChI is InChI=1S/C28H37N2O2.CH2O2/c1-30(2,20-12-15-23-13-6-3-7-14-23)22-26-21-29-27(32-26)28(31,24-16-8-4-9-17-24)25-18-10-5-11-19-25;2-1-3/h3-4,6-9,13-14,16-17,21,25,31H,5,10-12,15,18-20,22H2,1-2H3;1H,(H,2,3)/q+1;. The Labute approximate surface area is 208 Å². The van der Waals surface area contributed by atoms with E-state index in [4.69, 9.17) is 14.3 Å². The Balaban J connectivity index is 0.00000108. The van der Waals surface area contributed by atoms with Gasteiger partial charge in [0.05, 0.1) is 26.8 Å². The smallest absolute Gasteiger partial charge is 0.290 e.